The molecular formula is C17H19ClN4. The van der Waals surface area contributed by atoms with Crippen molar-refractivity contribution in [2.24, 2.45) is 0 Å². The summed E-state index contributed by atoms with van der Waals surface area (Å²) in [6.07, 6.45) is 6.07. The van der Waals surface area contributed by atoms with E-state index < -0.39 is 0 Å². The molecule has 0 unspecified atom stereocenters. The molecule has 2 heterocycles. The van der Waals surface area contributed by atoms with Gasteiger partial charge in [0.1, 0.15) is 5.82 Å². The topological polar surface area (TPSA) is 41.1 Å². The predicted octanol–water partition coefficient (Wildman–Crippen LogP) is 4.42. The number of anilines is 3. The molecule has 1 aliphatic rings. The van der Waals surface area contributed by atoms with Gasteiger partial charge < -0.3 is 10.2 Å². The molecule has 0 saturated carbocycles. The third-order valence-electron chi connectivity index (χ3n) is 3.70. The number of halogens is 1. The van der Waals surface area contributed by atoms with E-state index in [1.54, 1.807) is 0 Å². The Balaban J connectivity index is 1.91. The Bertz CT molecular complexity index is 725. The van der Waals surface area contributed by atoms with Crippen molar-refractivity contribution < 1.29 is 0 Å². The summed E-state index contributed by atoms with van der Waals surface area (Å²) in [4.78, 5) is 11.3. The molecule has 1 aromatic carbocycles. The van der Waals surface area contributed by atoms with E-state index in [0.717, 1.165) is 34.2 Å². The van der Waals surface area contributed by atoms with E-state index in [-0.39, 0.29) is 0 Å². The van der Waals surface area contributed by atoms with Crippen molar-refractivity contribution >= 4 is 35.1 Å². The lowest BCUT2D eigenvalue weighted by Gasteiger charge is -2.30. The minimum absolute atomic E-state index is 0.393. The molecule has 114 valence electrons. The molecule has 1 aromatic heterocycles. The lowest BCUT2D eigenvalue weighted by atomic mass is 10.1. The highest BCUT2D eigenvalue weighted by Gasteiger charge is 2.18. The van der Waals surface area contributed by atoms with Crippen LogP contribution in [0.3, 0.4) is 0 Å². The fourth-order valence-corrected chi connectivity index (χ4v) is 2.59. The van der Waals surface area contributed by atoms with E-state index in [4.69, 9.17) is 11.6 Å². The first-order valence-corrected chi connectivity index (χ1v) is 7.76. The van der Waals surface area contributed by atoms with E-state index in [9.17, 15) is 0 Å². The molecule has 2 aromatic rings. The van der Waals surface area contributed by atoms with Crippen LogP contribution in [0.15, 0.2) is 30.5 Å². The smallest absolute Gasteiger partial charge is 0.229 e. The molecule has 5 heteroatoms. The van der Waals surface area contributed by atoms with Crippen LogP contribution in [-0.2, 0) is 0 Å². The zero-order valence-corrected chi connectivity index (χ0v) is 13.7. The Hall–Kier alpha value is -2.07. The summed E-state index contributed by atoms with van der Waals surface area (Å²) >= 11 is 6.06. The quantitative estimate of drug-likeness (QED) is 0.910. The molecule has 0 spiro atoms. The summed E-state index contributed by atoms with van der Waals surface area (Å²) in [5, 5.41) is 4.01. The maximum absolute atomic E-state index is 6.06. The normalized spacial score (nSPS) is 13.4. The van der Waals surface area contributed by atoms with E-state index >= 15 is 0 Å². The van der Waals surface area contributed by atoms with Gasteiger partial charge in [-0.2, -0.15) is 4.98 Å². The molecule has 1 aliphatic heterocycles. The van der Waals surface area contributed by atoms with Crippen LogP contribution in [-0.4, -0.2) is 22.6 Å². The van der Waals surface area contributed by atoms with Gasteiger partial charge in [0.05, 0.1) is 0 Å². The first kappa shape index (κ1) is 14.9. The minimum Gasteiger partial charge on any atom is -0.350 e. The van der Waals surface area contributed by atoms with Gasteiger partial charge in [-0.15, -0.1) is 0 Å². The van der Waals surface area contributed by atoms with Crippen molar-refractivity contribution in [1.29, 1.82) is 0 Å². The van der Waals surface area contributed by atoms with Crippen molar-refractivity contribution in [3.63, 3.8) is 0 Å². The Morgan fingerprint density at radius 2 is 2.14 bits per heavy atom. The monoisotopic (exact) mass is 314 g/mol. The van der Waals surface area contributed by atoms with Crippen LogP contribution in [0.4, 0.5) is 17.5 Å². The Morgan fingerprint density at radius 1 is 1.32 bits per heavy atom. The zero-order chi connectivity index (χ0) is 15.7. The molecule has 1 N–H and O–H groups in total. The molecule has 3 rings (SSSR count). The number of nitrogens with one attached hydrogen (secondary N) is 1. The average molecular weight is 315 g/mol. The number of aromatic nitrogens is 2. The van der Waals surface area contributed by atoms with Crippen LogP contribution in [0.2, 0.25) is 5.02 Å². The predicted molar refractivity (Wildman–Crippen MR) is 93.0 cm³/mol. The van der Waals surface area contributed by atoms with Crippen molar-refractivity contribution in [2.75, 3.05) is 16.8 Å². The largest absolute Gasteiger partial charge is 0.350 e. The number of rotatable bonds is 3. The second-order valence-corrected chi connectivity index (χ2v) is 6.12. The Labute approximate surface area is 135 Å². The number of nitrogens with zero attached hydrogens (tertiary/aromatic N) is 3. The van der Waals surface area contributed by atoms with Crippen molar-refractivity contribution in [3.8, 4) is 0 Å². The summed E-state index contributed by atoms with van der Waals surface area (Å²) in [7, 11) is 0. The standard InChI is InChI=1S/C17H19ClN4/c1-11(2)22-8-4-5-13-10-19-17(21-16(13)22)20-14-6-7-15(18)12(3)9-14/h4-7,9-11H,8H2,1-3H3,(H,19,20,21). The molecule has 4 nitrogen and oxygen atoms in total. The van der Waals surface area contributed by atoms with Crippen LogP contribution in [0.5, 0.6) is 0 Å². The summed E-state index contributed by atoms with van der Waals surface area (Å²) in [5.74, 6) is 1.57. The molecule has 0 bridgehead atoms. The van der Waals surface area contributed by atoms with Crippen molar-refractivity contribution in [2.45, 2.75) is 26.8 Å². The van der Waals surface area contributed by atoms with Crippen LogP contribution < -0.4 is 10.2 Å². The zero-order valence-electron chi connectivity index (χ0n) is 13.0. The fourth-order valence-electron chi connectivity index (χ4n) is 2.48. The highest BCUT2D eigenvalue weighted by Crippen LogP contribution is 2.27. The van der Waals surface area contributed by atoms with Gasteiger partial charge in [-0.3, -0.25) is 0 Å². The highest BCUT2D eigenvalue weighted by atomic mass is 35.5. The average Bonchev–Trinajstić information content (AvgIpc) is 2.50. The van der Waals surface area contributed by atoms with E-state index in [0.29, 0.717) is 12.0 Å². The molecule has 0 amide bonds. The van der Waals surface area contributed by atoms with E-state index in [2.05, 4.69) is 46.2 Å². The van der Waals surface area contributed by atoms with E-state index in [1.807, 2.05) is 31.3 Å². The van der Waals surface area contributed by atoms with Crippen molar-refractivity contribution in [3.05, 3.63) is 46.6 Å². The van der Waals surface area contributed by atoms with Gasteiger partial charge in [0.25, 0.3) is 0 Å². The third-order valence-corrected chi connectivity index (χ3v) is 4.13. The summed E-state index contributed by atoms with van der Waals surface area (Å²) in [6.45, 7) is 7.19. The second kappa shape index (κ2) is 5.97. The minimum atomic E-state index is 0.393. The first-order chi connectivity index (χ1) is 10.5. The molecule has 0 fully saturated rings. The number of hydrogen-bond donors (Lipinski definition) is 1. The molecule has 0 atom stereocenters. The molecule has 22 heavy (non-hydrogen) atoms. The molecule has 0 aliphatic carbocycles. The van der Waals surface area contributed by atoms with Gasteiger partial charge in [0.2, 0.25) is 5.95 Å². The summed E-state index contributed by atoms with van der Waals surface area (Å²) < 4.78 is 0. The van der Waals surface area contributed by atoms with Crippen LogP contribution >= 0.6 is 11.6 Å². The summed E-state index contributed by atoms with van der Waals surface area (Å²) in [5.41, 5.74) is 3.01. The lowest BCUT2D eigenvalue weighted by Crippen LogP contribution is -2.33. The third kappa shape index (κ3) is 2.92. The molecule has 0 saturated heterocycles. The number of benzene rings is 1. The maximum atomic E-state index is 6.06. The maximum Gasteiger partial charge on any atom is 0.229 e. The van der Waals surface area contributed by atoms with Crippen LogP contribution in [0.25, 0.3) is 6.08 Å². The molecule has 0 radical (unpaired) electrons. The molecular weight excluding hydrogens is 296 g/mol. The van der Waals surface area contributed by atoms with Gasteiger partial charge in [-0.05, 0) is 44.5 Å². The number of hydrogen-bond acceptors (Lipinski definition) is 4. The second-order valence-electron chi connectivity index (χ2n) is 5.71. The van der Waals surface area contributed by atoms with Gasteiger partial charge in [-0.25, -0.2) is 4.98 Å². The van der Waals surface area contributed by atoms with Crippen LogP contribution in [0, 0.1) is 6.92 Å². The van der Waals surface area contributed by atoms with Gasteiger partial charge >= 0.3 is 0 Å². The van der Waals surface area contributed by atoms with Crippen molar-refractivity contribution in [1.82, 2.24) is 9.97 Å². The Kier molecular flexibility index (Phi) is 4.03. The van der Waals surface area contributed by atoms with Crippen LogP contribution in [0.1, 0.15) is 25.0 Å². The number of aryl methyl sites for hydroxylation is 1. The fraction of sp³-hybridized carbons (Fsp3) is 0.294. The SMILES string of the molecule is Cc1cc(Nc2ncc3c(n2)N(C(C)C)CC=C3)ccc1Cl. The van der Waals surface area contributed by atoms with Gasteiger partial charge in [-0.1, -0.05) is 23.8 Å². The lowest BCUT2D eigenvalue weighted by molar-refractivity contribution is 0.707. The number of fused-ring (bicyclic) bond motifs is 1. The Morgan fingerprint density at radius 3 is 2.86 bits per heavy atom. The van der Waals surface area contributed by atoms with E-state index in [1.165, 1.54) is 0 Å². The summed E-state index contributed by atoms with van der Waals surface area (Å²) in [6, 6.07) is 6.19. The highest BCUT2D eigenvalue weighted by molar-refractivity contribution is 6.31. The first-order valence-electron chi connectivity index (χ1n) is 7.38. The van der Waals surface area contributed by atoms with Gasteiger partial charge in [0.15, 0.2) is 0 Å². The van der Waals surface area contributed by atoms with Gasteiger partial charge in [0, 0.05) is 35.1 Å².